The van der Waals surface area contributed by atoms with Crippen molar-refractivity contribution in [3.05, 3.63) is 71.8 Å². The Balaban J connectivity index is 1.70. The summed E-state index contributed by atoms with van der Waals surface area (Å²) in [6, 6.07) is 20.3. The van der Waals surface area contributed by atoms with Crippen LogP contribution in [0.2, 0.25) is 0 Å². The minimum Gasteiger partial charge on any atom is -0.377 e. The minimum atomic E-state index is 0.0296. The van der Waals surface area contributed by atoms with E-state index in [0.717, 1.165) is 12.0 Å². The van der Waals surface area contributed by atoms with Crippen LogP contribution in [-0.2, 0) is 11.3 Å². The highest BCUT2D eigenvalue weighted by Gasteiger charge is 2.06. The number of hydrogen-bond donors (Lipinski definition) is 0. The third-order valence-corrected chi connectivity index (χ3v) is 3.26. The average molecular weight is 261 g/mol. The monoisotopic (exact) mass is 260 g/mol. The largest absolute Gasteiger partial charge is 0.377 e. The minimum absolute atomic E-state index is 0.0296. The van der Waals surface area contributed by atoms with Gasteiger partial charge in [-0.2, -0.15) is 0 Å². The molecule has 0 heterocycles. The first-order chi connectivity index (χ1) is 8.86. The molecule has 0 saturated carbocycles. The zero-order valence-electron chi connectivity index (χ0n) is 10.3. The lowest BCUT2D eigenvalue weighted by molar-refractivity contribution is 0.118. The molecular formula is C16H17ClO. The lowest BCUT2D eigenvalue weighted by atomic mass is 10.1. The molecule has 1 unspecified atom stereocenters. The number of hydrogen-bond acceptors (Lipinski definition) is 1. The van der Waals surface area contributed by atoms with E-state index in [1.54, 1.807) is 0 Å². The summed E-state index contributed by atoms with van der Waals surface area (Å²) in [5, 5.41) is 0.0296. The summed E-state index contributed by atoms with van der Waals surface area (Å²) in [7, 11) is 0. The van der Waals surface area contributed by atoms with Crippen LogP contribution in [0.1, 0.15) is 22.9 Å². The van der Waals surface area contributed by atoms with Crippen LogP contribution in [0.15, 0.2) is 60.7 Å². The quantitative estimate of drug-likeness (QED) is 0.546. The molecule has 0 spiro atoms. The van der Waals surface area contributed by atoms with Gasteiger partial charge in [-0.15, -0.1) is 11.6 Å². The summed E-state index contributed by atoms with van der Waals surface area (Å²) in [4.78, 5) is 0. The molecule has 2 aromatic rings. The first-order valence-corrected chi connectivity index (χ1v) is 6.60. The summed E-state index contributed by atoms with van der Waals surface area (Å²) < 4.78 is 5.63. The van der Waals surface area contributed by atoms with Gasteiger partial charge in [-0.1, -0.05) is 60.7 Å². The fourth-order valence-electron chi connectivity index (χ4n) is 1.78. The summed E-state index contributed by atoms with van der Waals surface area (Å²) >= 11 is 6.31. The fourth-order valence-corrected chi connectivity index (χ4v) is 2.01. The van der Waals surface area contributed by atoms with Crippen LogP contribution in [0, 0.1) is 0 Å². The van der Waals surface area contributed by atoms with Crippen LogP contribution < -0.4 is 0 Å². The average Bonchev–Trinajstić information content (AvgIpc) is 2.45. The van der Waals surface area contributed by atoms with Crippen LogP contribution in [0.4, 0.5) is 0 Å². The lowest BCUT2D eigenvalue weighted by Crippen LogP contribution is -1.99. The van der Waals surface area contributed by atoms with E-state index in [4.69, 9.17) is 16.3 Å². The van der Waals surface area contributed by atoms with E-state index >= 15 is 0 Å². The van der Waals surface area contributed by atoms with E-state index in [-0.39, 0.29) is 5.38 Å². The van der Waals surface area contributed by atoms with Gasteiger partial charge in [0.25, 0.3) is 0 Å². The van der Waals surface area contributed by atoms with Crippen molar-refractivity contribution in [2.24, 2.45) is 0 Å². The maximum absolute atomic E-state index is 6.31. The van der Waals surface area contributed by atoms with Gasteiger partial charge in [-0.3, -0.25) is 0 Å². The molecule has 0 aliphatic heterocycles. The van der Waals surface area contributed by atoms with Crippen molar-refractivity contribution in [3.8, 4) is 0 Å². The van der Waals surface area contributed by atoms with Crippen molar-refractivity contribution < 1.29 is 4.74 Å². The highest BCUT2D eigenvalue weighted by Crippen LogP contribution is 2.23. The molecule has 0 aliphatic carbocycles. The topological polar surface area (TPSA) is 9.23 Å². The van der Waals surface area contributed by atoms with Crippen molar-refractivity contribution in [2.75, 3.05) is 6.61 Å². The van der Waals surface area contributed by atoms with Gasteiger partial charge < -0.3 is 4.74 Å². The number of benzene rings is 2. The van der Waals surface area contributed by atoms with Crippen molar-refractivity contribution >= 4 is 11.6 Å². The third kappa shape index (κ3) is 4.17. The van der Waals surface area contributed by atoms with Crippen LogP contribution in [0.25, 0.3) is 0 Å². The molecule has 1 nitrogen and oxygen atoms in total. The zero-order valence-corrected chi connectivity index (χ0v) is 11.0. The van der Waals surface area contributed by atoms with Gasteiger partial charge in [0.05, 0.1) is 12.0 Å². The molecule has 0 saturated heterocycles. The van der Waals surface area contributed by atoms with Crippen LogP contribution in [0.5, 0.6) is 0 Å². The van der Waals surface area contributed by atoms with Gasteiger partial charge in [-0.25, -0.2) is 0 Å². The summed E-state index contributed by atoms with van der Waals surface area (Å²) in [6.07, 6.45) is 0.832. The lowest BCUT2D eigenvalue weighted by Gasteiger charge is -2.10. The molecule has 0 fully saturated rings. The number of rotatable bonds is 6. The fraction of sp³-hybridized carbons (Fsp3) is 0.250. The van der Waals surface area contributed by atoms with Gasteiger partial charge in [0.15, 0.2) is 0 Å². The predicted molar refractivity (Wildman–Crippen MR) is 75.8 cm³/mol. The number of ether oxygens (including phenoxy) is 1. The van der Waals surface area contributed by atoms with E-state index in [9.17, 15) is 0 Å². The molecule has 1 atom stereocenters. The third-order valence-electron chi connectivity index (χ3n) is 2.79. The van der Waals surface area contributed by atoms with Crippen LogP contribution in [-0.4, -0.2) is 6.61 Å². The normalized spacial score (nSPS) is 12.3. The Morgan fingerprint density at radius 3 is 2.17 bits per heavy atom. The maximum atomic E-state index is 6.31. The van der Waals surface area contributed by atoms with Crippen molar-refractivity contribution in [3.63, 3.8) is 0 Å². The zero-order chi connectivity index (χ0) is 12.6. The molecule has 0 radical (unpaired) electrons. The first kappa shape index (κ1) is 13.1. The molecule has 0 N–H and O–H groups in total. The highest BCUT2D eigenvalue weighted by atomic mass is 35.5. The second kappa shape index (κ2) is 7.20. The predicted octanol–water partition coefficient (Wildman–Crippen LogP) is 4.57. The van der Waals surface area contributed by atoms with Gasteiger partial charge in [0.2, 0.25) is 0 Å². The van der Waals surface area contributed by atoms with Gasteiger partial charge >= 0.3 is 0 Å². The Labute approximate surface area is 113 Å². The van der Waals surface area contributed by atoms with Gasteiger partial charge in [-0.05, 0) is 17.5 Å². The first-order valence-electron chi connectivity index (χ1n) is 6.17. The molecule has 2 rings (SSSR count). The highest BCUT2D eigenvalue weighted by molar-refractivity contribution is 6.20. The Bertz CT molecular complexity index is 441. The molecule has 0 aliphatic rings. The Morgan fingerprint density at radius 1 is 0.889 bits per heavy atom. The smallest absolute Gasteiger partial charge is 0.0716 e. The van der Waals surface area contributed by atoms with E-state index in [0.29, 0.717) is 13.2 Å². The molecule has 2 aromatic carbocycles. The molecule has 94 valence electrons. The van der Waals surface area contributed by atoms with Gasteiger partial charge in [0, 0.05) is 6.61 Å². The summed E-state index contributed by atoms with van der Waals surface area (Å²) in [6.45, 7) is 1.33. The van der Waals surface area contributed by atoms with Crippen LogP contribution in [0.3, 0.4) is 0 Å². The summed E-state index contributed by atoms with van der Waals surface area (Å²) in [5.74, 6) is 0. The number of halogens is 1. The van der Waals surface area contributed by atoms with E-state index in [1.807, 2.05) is 36.4 Å². The van der Waals surface area contributed by atoms with Crippen LogP contribution >= 0.6 is 11.6 Å². The second-order valence-corrected chi connectivity index (χ2v) is 4.73. The molecule has 2 heteroatoms. The standard InChI is InChI=1S/C16H17ClO/c17-16(15-9-5-2-6-10-15)11-12-18-13-14-7-3-1-4-8-14/h1-10,16H,11-13H2. The SMILES string of the molecule is ClC(CCOCc1ccccc1)c1ccccc1. The Hall–Kier alpha value is -1.31. The molecule has 0 bridgehead atoms. The molecule has 0 aromatic heterocycles. The molecule has 18 heavy (non-hydrogen) atoms. The van der Waals surface area contributed by atoms with Crippen molar-refractivity contribution in [1.29, 1.82) is 0 Å². The van der Waals surface area contributed by atoms with E-state index in [1.165, 1.54) is 5.56 Å². The second-order valence-electron chi connectivity index (χ2n) is 4.21. The Morgan fingerprint density at radius 2 is 1.50 bits per heavy atom. The van der Waals surface area contributed by atoms with Gasteiger partial charge in [0.1, 0.15) is 0 Å². The molecule has 0 amide bonds. The van der Waals surface area contributed by atoms with Crippen molar-refractivity contribution in [2.45, 2.75) is 18.4 Å². The van der Waals surface area contributed by atoms with E-state index in [2.05, 4.69) is 24.3 Å². The Kier molecular flexibility index (Phi) is 5.25. The van der Waals surface area contributed by atoms with E-state index < -0.39 is 0 Å². The van der Waals surface area contributed by atoms with Crippen molar-refractivity contribution in [1.82, 2.24) is 0 Å². The number of alkyl halides is 1. The summed E-state index contributed by atoms with van der Waals surface area (Å²) in [5.41, 5.74) is 2.35. The maximum Gasteiger partial charge on any atom is 0.0716 e. The molecular weight excluding hydrogens is 244 g/mol.